The zero-order chi connectivity index (χ0) is 21.6. The normalized spacial score (nSPS) is 19.4. The van der Waals surface area contributed by atoms with Crippen LogP contribution in [-0.4, -0.2) is 15.3 Å². The van der Waals surface area contributed by atoms with Gasteiger partial charge in [-0.05, 0) is 16.5 Å². The number of carbonyl (C=O) groups is 1. The minimum atomic E-state index is -0.341. The zero-order valence-electron chi connectivity index (χ0n) is 17.8. The van der Waals surface area contributed by atoms with Crippen molar-refractivity contribution in [1.29, 1.82) is 5.41 Å². The Hall–Kier alpha value is -3.47. The van der Waals surface area contributed by atoms with E-state index in [1.165, 1.54) is 0 Å². The highest BCUT2D eigenvalue weighted by atomic mass is 16.5. The van der Waals surface area contributed by atoms with E-state index in [0.29, 0.717) is 47.6 Å². The van der Waals surface area contributed by atoms with Gasteiger partial charge in [-0.2, -0.15) is 0 Å². The Labute approximate surface area is 181 Å². The average Bonchev–Trinajstić information content (AvgIpc) is 2.75. The molecule has 5 heteroatoms. The van der Waals surface area contributed by atoms with Crippen molar-refractivity contribution in [2.75, 3.05) is 0 Å². The van der Waals surface area contributed by atoms with Crippen molar-refractivity contribution in [3.05, 3.63) is 101 Å². The summed E-state index contributed by atoms with van der Waals surface area (Å²) in [5.74, 6) is 0.901. The maximum Gasteiger partial charge on any atom is 0.228 e. The van der Waals surface area contributed by atoms with Crippen LogP contribution in [0.4, 0.5) is 0 Å². The molecule has 0 fully saturated rings. The monoisotopic (exact) mass is 411 g/mol. The molecule has 1 aromatic heterocycles. The van der Waals surface area contributed by atoms with Crippen molar-refractivity contribution < 1.29 is 9.53 Å². The second-order valence-electron chi connectivity index (χ2n) is 9.15. The summed E-state index contributed by atoms with van der Waals surface area (Å²) in [6, 6.07) is 20.0. The van der Waals surface area contributed by atoms with Crippen LogP contribution in [-0.2, 0) is 11.3 Å². The number of carbonyl (C=O) groups excluding carboxylic acids is 1. The van der Waals surface area contributed by atoms with E-state index in [0.717, 1.165) is 11.1 Å². The van der Waals surface area contributed by atoms with E-state index >= 15 is 0 Å². The molecule has 3 aromatic rings. The molecule has 31 heavy (non-hydrogen) atoms. The number of hydrogen-bond acceptors (Lipinski definition) is 4. The summed E-state index contributed by atoms with van der Waals surface area (Å²) in [5, 5.41) is 9.01. The summed E-state index contributed by atoms with van der Waals surface area (Å²) >= 11 is 0. The molecule has 5 rings (SSSR count). The van der Waals surface area contributed by atoms with Crippen LogP contribution < -0.4 is 10.2 Å². The molecule has 0 saturated carbocycles. The number of nitrogens with one attached hydrogen (secondary N) is 1. The molecule has 5 nitrogen and oxygen atoms in total. The van der Waals surface area contributed by atoms with Gasteiger partial charge in [0, 0.05) is 24.3 Å². The molecule has 0 spiro atoms. The summed E-state index contributed by atoms with van der Waals surface area (Å²) < 4.78 is 8.01. The SMILES string of the molecule is CC1(C)CC(=O)C2=C(C1)Oc1ncn(Cc3ccccc3)c(=N)c1C2c1ccccc1. The standard InChI is InChI=1S/C26H25N3O2/c1-26(2)13-19(30)22-20(14-26)31-25-23(21(22)18-11-7-4-8-12-18)24(27)29(16-28-25)15-17-9-5-3-6-10-17/h3-12,16,21,27H,13-15H2,1-2H3. The lowest BCUT2D eigenvalue weighted by Crippen LogP contribution is -2.37. The number of benzene rings is 2. The third-order valence-corrected chi connectivity index (χ3v) is 6.09. The quantitative estimate of drug-likeness (QED) is 0.686. The molecular weight excluding hydrogens is 386 g/mol. The predicted octanol–water partition coefficient (Wildman–Crippen LogP) is 4.58. The van der Waals surface area contributed by atoms with Crippen molar-refractivity contribution in [2.24, 2.45) is 5.41 Å². The first kappa shape index (κ1) is 19.5. The fraction of sp³-hybridized carbons (Fsp3) is 0.269. The highest BCUT2D eigenvalue weighted by molar-refractivity contribution is 6.00. The number of allylic oxidation sites excluding steroid dienone is 2. The summed E-state index contributed by atoms with van der Waals surface area (Å²) in [7, 11) is 0. The van der Waals surface area contributed by atoms with Crippen molar-refractivity contribution >= 4 is 5.78 Å². The first-order valence-corrected chi connectivity index (χ1v) is 10.6. The molecule has 0 saturated heterocycles. The smallest absolute Gasteiger partial charge is 0.228 e. The highest BCUT2D eigenvalue weighted by Crippen LogP contribution is 2.48. The molecular formula is C26H25N3O2. The van der Waals surface area contributed by atoms with Gasteiger partial charge >= 0.3 is 0 Å². The van der Waals surface area contributed by atoms with Crippen molar-refractivity contribution in [1.82, 2.24) is 9.55 Å². The molecule has 2 heterocycles. The molecule has 2 aliphatic rings. The molecule has 0 bridgehead atoms. The zero-order valence-corrected chi connectivity index (χ0v) is 17.8. The summed E-state index contributed by atoms with van der Waals surface area (Å²) in [4.78, 5) is 17.9. The second kappa shape index (κ2) is 7.34. The van der Waals surface area contributed by atoms with Gasteiger partial charge in [-0.25, -0.2) is 4.98 Å². The number of rotatable bonds is 3. The first-order chi connectivity index (χ1) is 14.9. The van der Waals surface area contributed by atoms with Crippen LogP contribution >= 0.6 is 0 Å². The summed E-state index contributed by atoms with van der Waals surface area (Å²) in [6.07, 6.45) is 2.83. The second-order valence-corrected chi connectivity index (χ2v) is 9.15. The number of ketones is 1. The number of hydrogen-bond donors (Lipinski definition) is 1. The largest absolute Gasteiger partial charge is 0.442 e. The molecule has 1 aliphatic heterocycles. The molecule has 1 unspecified atom stereocenters. The Morgan fingerprint density at radius 1 is 1.06 bits per heavy atom. The molecule has 156 valence electrons. The van der Waals surface area contributed by atoms with Gasteiger partial charge in [-0.3, -0.25) is 10.2 Å². The van der Waals surface area contributed by atoms with Gasteiger partial charge in [0.1, 0.15) is 17.6 Å². The summed E-state index contributed by atoms with van der Waals surface area (Å²) in [6.45, 7) is 4.72. The van der Waals surface area contributed by atoms with Crippen LogP contribution in [0.15, 0.2) is 78.3 Å². The maximum atomic E-state index is 13.3. The van der Waals surface area contributed by atoms with Crippen LogP contribution in [0, 0.1) is 10.8 Å². The topological polar surface area (TPSA) is 68.0 Å². The molecule has 2 aromatic carbocycles. The maximum absolute atomic E-state index is 13.3. The van der Waals surface area contributed by atoms with Gasteiger partial charge in [0.2, 0.25) is 5.88 Å². The van der Waals surface area contributed by atoms with Crippen LogP contribution in [0.25, 0.3) is 0 Å². The van der Waals surface area contributed by atoms with Crippen LogP contribution in [0.2, 0.25) is 0 Å². The number of ether oxygens (including phenoxy) is 1. The minimum absolute atomic E-state index is 0.101. The Bertz CT molecular complexity index is 1240. The highest BCUT2D eigenvalue weighted by Gasteiger charge is 2.43. The minimum Gasteiger partial charge on any atom is -0.442 e. The first-order valence-electron chi connectivity index (χ1n) is 10.6. The van der Waals surface area contributed by atoms with E-state index in [2.05, 4.69) is 18.8 Å². The number of aromatic nitrogens is 2. The van der Waals surface area contributed by atoms with E-state index in [-0.39, 0.29) is 17.1 Å². The molecule has 1 aliphatic carbocycles. The van der Waals surface area contributed by atoms with Crippen LogP contribution in [0.3, 0.4) is 0 Å². The van der Waals surface area contributed by atoms with Crippen LogP contribution in [0.5, 0.6) is 5.88 Å². The van der Waals surface area contributed by atoms with E-state index in [4.69, 9.17) is 10.1 Å². The third-order valence-electron chi connectivity index (χ3n) is 6.09. The van der Waals surface area contributed by atoms with Gasteiger partial charge in [0.25, 0.3) is 0 Å². The lowest BCUT2D eigenvalue weighted by atomic mass is 9.70. The Kier molecular flexibility index (Phi) is 4.62. The number of fused-ring (bicyclic) bond motifs is 1. The van der Waals surface area contributed by atoms with Crippen molar-refractivity contribution in [3.63, 3.8) is 0 Å². The van der Waals surface area contributed by atoms with Gasteiger partial charge in [-0.1, -0.05) is 74.5 Å². The van der Waals surface area contributed by atoms with Gasteiger partial charge < -0.3 is 9.30 Å². The van der Waals surface area contributed by atoms with E-state index < -0.39 is 0 Å². The molecule has 1 atom stereocenters. The molecule has 0 amide bonds. The van der Waals surface area contributed by atoms with Gasteiger partial charge in [0.15, 0.2) is 5.78 Å². The summed E-state index contributed by atoms with van der Waals surface area (Å²) in [5.41, 5.74) is 3.60. The van der Waals surface area contributed by atoms with E-state index in [1.807, 2.05) is 65.2 Å². The van der Waals surface area contributed by atoms with Gasteiger partial charge in [0.05, 0.1) is 12.1 Å². The average molecular weight is 412 g/mol. The Balaban J connectivity index is 1.69. The number of nitrogens with zero attached hydrogens (tertiary/aromatic N) is 2. The predicted molar refractivity (Wildman–Crippen MR) is 118 cm³/mol. The lowest BCUT2D eigenvalue weighted by molar-refractivity contribution is -0.118. The van der Waals surface area contributed by atoms with Gasteiger partial charge in [-0.15, -0.1) is 0 Å². The Morgan fingerprint density at radius 3 is 2.45 bits per heavy atom. The van der Waals surface area contributed by atoms with Crippen LogP contribution in [0.1, 0.15) is 49.3 Å². The fourth-order valence-electron chi connectivity index (χ4n) is 4.68. The molecule has 1 N–H and O–H groups in total. The Morgan fingerprint density at radius 2 is 1.74 bits per heavy atom. The fourth-order valence-corrected chi connectivity index (χ4v) is 4.68. The van der Waals surface area contributed by atoms with Crippen molar-refractivity contribution in [3.8, 4) is 5.88 Å². The lowest BCUT2D eigenvalue weighted by Gasteiger charge is -2.37. The van der Waals surface area contributed by atoms with E-state index in [1.54, 1.807) is 6.33 Å². The number of Topliss-reactive ketones (excluding diaryl/α,β-unsaturated/α-hetero) is 1. The van der Waals surface area contributed by atoms with Crippen molar-refractivity contribution in [2.45, 2.75) is 39.2 Å². The molecule has 0 radical (unpaired) electrons. The van der Waals surface area contributed by atoms with E-state index in [9.17, 15) is 4.79 Å². The third kappa shape index (κ3) is 3.50.